The van der Waals surface area contributed by atoms with Gasteiger partial charge >= 0.3 is 0 Å². The summed E-state index contributed by atoms with van der Waals surface area (Å²) in [5.41, 5.74) is 0. The van der Waals surface area contributed by atoms with Crippen LogP contribution in [0.5, 0.6) is 0 Å². The molecule has 0 N–H and O–H groups in total. The van der Waals surface area contributed by atoms with Crippen LogP contribution in [-0.4, -0.2) is 6.10 Å². The van der Waals surface area contributed by atoms with E-state index in [1.807, 2.05) is 6.92 Å². The highest BCUT2D eigenvalue weighted by atomic mass is 16.5. The predicted octanol–water partition coefficient (Wildman–Crippen LogP) is 2.34. The Bertz CT molecular complexity index is 127. The summed E-state index contributed by atoms with van der Waals surface area (Å²) in [4.78, 5) is 0. The molecule has 0 saturated carbocycles. The average molecular weight is 126 g/mol. The lowest BCUT2D eigenvalue weighted by Crippen LogP contribution is -2.15. The minimum absolute atomic E-state index is 0.421. The maximum atomic E-state index is 5.42. The van der Waals surface area contributed by atoms with Gasteiger partial charge in [-0.15, -0.1) is 0 Å². The van der Waals surface area contributed by atoms with Crippen LogP contribution in [0.2, 0.25) is 0 Å². The van der Waals surface area contributed by atoms with E-state index in [0.29, 0.717) is 12.0 Å². The molecule has 52 valence electrons. The molecule has 1 heterocycles. The molecule has 2 atom stereocenters. The molecule has 0 aliphatic carbocycles. The second-order valence-electron chi connectivity index (χ2n) is 2.92. The normalized spacial score (nSPS) is 35.2. The van der Waals surface area contributed by atoms with E-state index < -0.39 is 0 Å². The monoisotopic (exact) mass is 126 g/mol. The number of hydrogen-bond donors (Lipinski definition) is 0. The predicted molar refractivity (Wildman–Crippen MR) is 38.1 cm³/mol. The molecule has 0 aromatic heterocycles. The van der Waals surface area contributed by atoms with Crippen LogP contribution in [0.1, 0.15) is 27.2 Å². The molecule has 0 aromatic rings. The Morgan fingerprint density at radius 1 is 1.56 bits per heavy atom. The van der Waals surface area contributed by atoms with E-state index in [9.17, 15) is 0 Å². The third-order valence-electron chi connectivity index (χ3n) is 1.61. The minimum atomic E-state index is 0.421. The van der Waals surface area contributed by atoms with Crippen LogP contribution in [0.15, 0.2) is 11.8 Å². The van der Waals surface area contributed by atoms with Crippen LogP contribution < -0.4 is 0 Å². The van der Waals surface area contributed by atoms with Gasteiger partial charge in [-0.25, -0.2) is 0 Å². The Morgan fingerprint density at radius 2 is 2.22 bits per heavy atom. The lowest BCUT2D eigenvalue weighted by Gasteiger charge is -2.23. The molecule has 1 aliphatic rings. The summed E-state index contributed by atoms with van der Waals surface area (Å²) in [6.45, 7) is 6.36. The van der Waals surface area contributed by atoms with Crippen molar-refractivity contribution in [1.29, 1.82) is 0 Å². The van der Waals surface area contributed by atoms with Gasteiger partial charge in [0.1, 0.15) is 0 Å². The Balaban J connectivity index is 2.56. The molecular formula is C8H14O. The van der Waals surface area contributed by atoms with Crippen LogP contribution in [-0.2, 0) is 4.74 Å². The van der Waals surface area contributed by atoms with Crippen LogP contribution in [0.3, 0.4) is 0 Å². The molecule has 9 heavy (non-hydrogen) atoms. The van der Waals surface area contributed by atoms with E-state index in [-0.39, 0.29) is 0 Å². The van der Waals surface area contributed by atoms with Gasteiger partial charge in [0.25, 0.3) is 0 Å². The number of hydrogen-bond acceptors (Lipinski definition) is 1. The van der Waals surface area contributed by atoms with Gasteiger partial charge in [-0.1, -0.05) is 6.92 Å². The van der Waals surface area contributed by atoms with Gasteiger partial charge in [0, 0.05) is 0 Å². The molecule has 0 bridgehead atoms. The third-order valence-corrected chi connectivity index (χ3v) is 1.61. The van der Waals surface area contributed by atoms with Crippen LogP contribution >= 0.6 is 0 Å². The molecule has 0 saturated heterocycles. The van der Waals surface area contributed by atoms with Gasteiger partial charge < -0.3 is 4.74 Å². The molecule has 0 amide bonds. The first-order valence-corrected chi connectivity index (χ1v) is 3.53. The summed E-state index contributed by atoms with van der Waals surface area (Å²) < 4.78 is 5.42. The minimum Gasteiger partial charge on any atom is -0.496 e. The van der Waals surface area contributed by atoms with Crippen molar-refractivity contribution in [3.63, 3.8) is 0 Å². The Morgan fingerprint density at radius 3 is 2.67 bits per heavy atom. The fraction of sp³-hybridized carbons (Fsp3) is 0.750. The summed E-state index contributed by atoms with van der Waals surface area (Å²) in [5, 5.41) is 0. The Kier molecular flexibility index (Phi) is 1.79. The molecule has 0 aromatic carbocycles. The number of allylic oxidation sites excluding steroid dienone is 2. The molecule has 0 radical (unpaired) electrons. The van der Waals surface area contributed by atoms with E-state index in [1.165, 1.54) is 0 Å². The maximum absolute atomic E-state index is 5.42. The first-order valence-electron chi connectivity index (χ1n) is 3.53. The first-order chi connectivity index (χ1) is 4.18. The fourth-order valence-electron chi connectivity index (χ4n) is 1.40. The third kappa shape index (κ3) is 1.74. The fourth-order valence-corrected chi connectivity index (χ4v) is 1.40. The zero-order chi connectivity index (χ0) is 6.85. The van der Waals surface area contributed by atoms with Crippen molar-refractivity contribution in [2.24, 2.45) is 5.92 Å². The van der Waals surface area contributed by atoms with Gasteiger partial charge in [-0.3, -0.25) is 0 Å². The smallest absolute Gasteiger partial charge is 0.0959 e. The number of ether oxygens (including phenoxy) is 1. The SMILES string of the molecule is CC1=CC(C)CC(C)O1. The molecule has 1 rings (SSSR count). The standard InChI is InChI=1S/C8H14O/c1-6-4-7(2)9-8(3)5-6/h4,6,8H,5H2,1-3H3. The van der Waals surface area contributed by atoms with Crippen LogP contribution in [0, 0.1) is 5.92 Å². The van der Waals surface area contributed by atoms with E-state index in [1.54, 1.807) is 0 Å². The zero-order valence-electron chi connectivity index (χ0n) is 6.35. The van der Waals surface area contributed by atoms with Crippen molar-refractivity contribution in [2.75, 3.05) is 0 Å². The zero-order valence-corrected chi connectivity index (χ0v) is 6.35. The van der Waals surface area contributed by atoms with Crippen molar-refractivity contribution in [2.45, 2.75) is 33.3 Å². The molecule has 0 fully saturated rings. The van der Waals surface area contributed by atoms with E-state index in [4.69, 9.17) is 4.74 Å². The summed E-state index contributed by atoms with van der Waals surface area (Å²) in [6.07, 6.45) is 3.77. The van der Waals surface area contributed by atoms with Gasteiger partial charge in [0.05, 0.1) is 11.9 Å². The Hall–Kier alpha value is -0.460. The summed E-state index contributed by atoms with van der Waals surface area (Å²) in [5.74, 6) is 1.79. The largest absolute Gasteiger partial charge is 0.496 e. The Labute approximate surface area is 56.7 Å². The van der Waals surface area contributed by atoms with Crippen molar-refractivity contribution in [3.05, 3.63) is 11.8 Å². The van der Waals surface area contributed by atoms with Crippen LogP contribution in [0.4, 0.5) is 0 Å². The second-order valence-corrected chi connectivity index (χ2v) is 2.92. The van der Waals surface area contributed by atoms with Crippen molar-refractivity contribution in [1.82, 2.24) is 0 Å². The summed E-state index contributed by atoms with van der Waals surface area (Å²) >= 11 is 0. The van der Waals surface area contributed by atoms with Crippen molar-refractivity contribution >= 4 is 0 Å². The van der Waals surface area contributed by atoms with Gasteiger partial charge in [-0.2, -0.15) is 0 Å². The molecule has 2 unspecified atom stereocenters. The molecule has 1 nitrogen and oxygen atoms in total. The van der Waals surface area contributed by atoms with Gasteiger partial charge in [0.15, 0.2) is 0 Å². The molecule has 0 spiro atoms. The maximum Gasteiger partial charge on any atom is 0.0959 e. The summed E-state index contributed by atoms with van der Waals surface area (Å²) in [6, 6.07) is 0. The topological polar surface area (TPSA) is 9.23 Å². The van der Waals surface area contributed by atoms with Crippen molar-refractivity contribution < 1.29 is 4.74 Å². The lowest BCUT2D eigenvalue weighted by molar-refractivity contribution is 0.0979. The van der Waals surface area contributed by atoms with E-state index >= 15 is 0 Å². The molecular weight excluding hydrogens is 112 g/mol. The van der Waals surface area contributed by atoms with E-state index in [0.717, 1.165) is 12.2 Å². The average Bonchev–Trinajstić information content (AvgIpc) is 1.59. The molecule has 1 heteroatoms. The highest BCUT2D eigenvalue weighted by molar-refractivity contribution is 4.97. The van der Waals surface area contributed by atoms with Gasteiger partial charge in [-0.05, 0) is 32.3 Å². The highest BCUT2D eigenvalue weighted by Gasteiger charge is 2.13. The van der Waals surface area contributed by atoms with E-state index in [2.05, 4.69) is 19.9 Å². The highest BCUT2D eigenvalue weighted by Crippen LogP contribution is 2.20. The number of rotatable bonds is 0. The quantitative estimate of drug-likeness (QED) is 0.484. The summed E-state index contributed by atoms with van der Waals surface area (Å²) in [7, 11) is 0. The second kappa shape index (κ2) is 2.42. The first kappa shape index (κ1) is 6.66. The van der Waals surface area contributed by atoms with Gasteiger partial charge in [0.2, 0.25) is 0 Å². The van der Waals surface area contributed by atoms with Crippen LogP contribution in [0.25, 0.3) is 0 Å². The van der Waals surface area contributed by atoms with Crippen molar-refractivity contribution in [3.8, 4) is 0 Å². The molecule has 1 aliphatic heterocycles. The lowest BCUT2D eigenvalue weighted by atomic mass is 10.0.